The van der Waals surface area contributed by atoms with E-state index in [0.29, 0.717) is 42.3 Å². The first-order valence-electron chi connectivity index (χ1n) is 11.2. The lowest BCUT2D eigenvalue weighted by atomic mass is 9.85. The molecular weight excluding hydrogens is 428 g/mol. The minimum Gasteiger partial charge on any atom is -0.487 e. The minimum absolute atomic E-state index is 0.440. The number of nitrogens with two attached hydrogens (primary N) is 2. The molecule has 5 rings (SSSR count). The van der Waals surface area contributed by atoms with Gasteiger partial charge in [-0.05, 0) is 30.5 Å². The van der Waals surface area contributed by atoms with Gasteiger partial charge in [0.05, 0.1) is 22.8 Å². The molecule has 9 nitrogen and oxygen atoms in total. The third-order valence-electron chi connectivity index (χ3n) is 6.35. The first kappa shape index (κ1) is 21.7. The Balaban J connectivity index is 1.28. The molecule has 1 saturated heterocycles. The number of para-hydroxylation sites is 1. The van der Waals surface area contributed by atoms with Gasteiger partial charge in [-0.3, -0.25) is 5.10 Å². The maximum atomic E-state index is 6.83. The monoisotopic (exact) mass is 456 g/mol. The van der Waals surface area contributed by atoms with Crippen molar-refractivity contribution in [3.8, 4) is 5.75 Å². The molecule has 9 heteroatoms. The van der Waals surface area contributed by atoms with E-state index in [1.807, 2.05) is 48.5 Å². The van der Waals surface area contributed by atoms with Crippen LogP contribution < -0.4 is 26.4 Å². The molecule has 0 amide bonds. The Bertz CT molecular complexity index is 1290. The molecule has 2 aromatic carbocycles. The van der Waals surface area contributed by atoms with Gasteiger partial charge in [-0.25, -0.2) is 9.97 Å². The summed E-state index contributed by atoms with van der Waals surface area (Å²) in [5.74, 6) is 1.53. The Morgan fingerprint density at radius 2 is 1.91 bits per heavy atom. The number of rotatable bonds is 7. The molecule has 0 radical (unpaired) electrons. The lowest BCUT2D eigenvalue weighted by molar-refractivity contribution is 0.307. The van der Waals surface area contributed by atoms with Crippen molar-refractivity contribution >= 4 is 28.2 Å². The van der Waals surface area contributed by atoms with Crippen LogP contribution >= 0.6 is 0 Å². The molecule has 0 bridgehead atoms. The van der Waals surface area contributed by atoms with Crippen LogP contribution in [-0.4, -0.2) is 38.8 Å². The van der Waals surface area contributed by atoms with Crippen molar-refractivity contribution in [2.45, 2.75) is 25.0 Å². The number of hydrogen-bond donors (Lipinski definition) is 4. The van der Waals surface area contributed by atoms with Gasteiger partial charge in [0.15, 0.2) is 5.65 Å². The maximum absolute atomic E-state index is 6.83. The van der Waals surface area contributed by atoms with E-state index in [1.165, 1.54) is 0 Å². The van der Waals surface area contributed by atoms with Gasteiger partial charge in [-0.2, -0.15) is 5.10 Å². The van der Waals surface area contributed by atoms with Gasteiger partial charge in [-0.15, -0.1) is 0 Å². The van der Waals surface area contributed by atoms with E-state index >= 15 is 0 Å². The molecule has 1 fully saturated rings. The average molecular weight is 457 g/mol. The number of H-pyrrole nitrogens is 1. The predicted octanol–water partition coefficient (Wildman–Crippen LogP) is 3.44. The highest BCUT2D eigenvalue weighted by molar-refractivity contribution is 5.86. The quantitative estimate of drug-likeness (QED) is 0.311. The van der Waals surface area contributed by atoms with Gasteiger partial charge in [0.25, 0.3) is 0 Å². The Kier molecular flexibility index (Phi) is 5.77. The highest BCUT2D eigenvalue weighted by Gasteiger charge is 2.35. The summed E-state index contributed by atoms with van der Waals surface area (Å²) in [5.41, 5.74) is 16.3. The third kappa shape index (κ3) is 4.25. The van der Waals surface area contributed by atoms with E-state index in [2.05, 4.69) is 37.0 Å². The fourth-order valence-electron chi connectivity index (χ4n) is 4.24. The highest BCUT2D eigenvalue weighted by Crippen LogP contribution is 2.36. The standard InChI is InChI=1S/C25H28N8O/c1-17(31-22-20(26)8-5-9-21(22)34-15-18-6-3-2-4-7-18)25(27)10-12-33(13-11-25)24-19-14-30-32-23(19)28-16-29-24/h2-9,14,16,31H,1,10-13,15,26-27H2,(H,28,29,30,32). The van der Waals surface area contributed by atoms with E-state index in [1.54, 1.807) is 12.5 Å². The van der Waals surface area contributed by atoms with Crippen LogP contribution in [0.1, 0.15) is 18.4 Å². The summed E-state index contributed by atoms with van der Waals surface area (Å²) in [4.78, 5) is 10.9. The zero-order valence-electron chi connectivity index (χ0n) is 18.9. The molecule has 2 aromatic heterocycles. The molecule has 0 spiro atoms. The Morgan fingerprint density at radius 3 is 2.71 bits per heavy atom. The van der Waals surface area contributed by atoms with Crippen molar-refractivity contribution < 1.29 is 4.74 Å². The molecule has 6 N–H and O–H groups in total. The molecule has 0 aliphatic carbocycles. The zero-order valence-corrected chi connectivity index (χ0v) is 18.9. The highest BCUT2D eigenvalue weighted by atomic mass is 16.5. The number of nitrogen functional groups attached to an aromatic ring is 1. The summed E-state index contributed by atoms with van der Waals surface area (Å²) < 4.78 is 6.08. The van der Waals surface area contributed by atoms with E-state index in [-0.39, 0.29) is 0 Å². The third-order valence-corrected chi connectivity index (χ3v) is 6.35. The molecule has 0 saturated carbocycles. The van der Waals surface area contributed by atoms with Crippen LogP contribution in [0.25, 0.3) is 11.0 Å². The van der Waals surface area contributed by atoms with Crippen molar-refractivity contribution in [2.75, 3.05) is 29.0 Å². The number of aromatic nitrogens is 4. The average Bonchev–Trinajstić information content (AvgIpc) is 3.35. The maximum Gasteiger partial charge on any atom is 0.160 e. The molecule has 34 heavy (non-hydrogen) atoms. The smallest absolute Gasteiger partial charge is 0.160 e. The van der Waals surface area contributed by atoms with Gasteiger partial charge >= 0.3 is 0 Å². The number of anilines is 3. The van der Waals surface area contributed by atoms with E-state index < -0.39 is 5.54 Å². The number of benzene rings is 2. The molecule has 3 heterocycles. The van der Waals surface area contributed by atoms with Gasteiger partial charge in [0, 0.05) is 18.8 Å². The van der Waals surface area contributed by atoms with Crippen LogP contribution in [0.15, 0.2) is 73.3 Å². The summed E-state index contributed by atoms with van der Waals surface area (Å²) in [6, 6.07) is 15.6. The minimum atomic E-state index is -0.599. The van der Waals surface area contributed by atoms with Gasteiger partial charge in [0.1, 0.15) is 30.2 Å². The van der Waals surface area contributed by atoms with Crippen LogP contribution in [0.5, 0.6) is 5.75 Å². The first-order chi connectivity index (χ1) is 16.5. The largest absolute Gasteiger partial charge is 0.487 e. The second-order valence-electron chi connectivity index (χ2n) is 8.57. The zero-order chi connectivity index (χ0) is 23.5. The van der Waals surface area contributed by atoms with Crippen LogP contribution in [-0.2, 0) is 6.61 Å². The van der Waals surface area contributed by atoms with Crippen LogP contribution in [0, 0.1) is 0 Å². The number of aromatic amines is 1. The van der Waals surface area contributed by atoms with Crippen LogP contribution in [0.4, 0.5) is 17.2 Å². The lowest BCUT2D eigenvalue weighted by Crippen LogP contribution is -2.53. The molecule has 0 atom stereocenters. The van der Waals surface area contributed by atoms with Gasteiger partial charge < -0.3 is 26.4 Å². The number of piperidine rings is 1. The van der Waals surface area contributed by atoms with Crippen LogP contribution in [0.2, 0.25) is 0 Å². The molecule has 174 valence electrons. The predicted molar refractivity (Wildman–Crippen MR) is 134 cm³/mol. The number of hydrogen-bond acceptors (Lipinski definition) is 8. The summed E-state index contributed by atoms with van der Waals surface area (Å²) in [5, 5.41) is 11.3. The normalized spacial score (nSPS) is 15.3. The van der Waals surface area contributed by atoms with E-state index in [4.69, 9.17) is 16.2 Å². The molecule has 1 aliphatic rings. The number of nitrogens with zero attached hydrogens (tertiary/aromatic N) is 4. The number of nitrogens with one attached hydrogen (secondary N) is 2. The van der Waals surface area contributed by atoms with Gasteiger partial charge in [-0.1, -0.05) is 43.0 Å². The first-order valence-corrected chi connectivity index (χ1v) is 11.2. The lowest BCUT2D eigenvalue weighted by Gasteiger charge is -2.41. The fraction of sp³-hybridized carbons (Fsp3) is 0.240. The topological polar surface area (TPSA) is 131 Å². The second-order valence-corrected chi connectivity index (χ2v) is 8.57. The number of fused-ring (bicyclic) bond motifs is 1. The van der Waals surface area contributed by atoms with E-state index in [0.717, 1.165) is 35.5 Å². The molecule has 1 aliphatic heterocycles. The SMILES string of the molecule is C=C(Nc1c(N)cccc1OCc1ccccc1)C1(N)CCN(c2ncnc3[nH]ncc23)CC1. The number of ether oxygens (including phenoxy) is 1. The second kappa shape index (κ2) is 9.03. The summed E-state index contributed by atoms with van der Waals surface area (Å²) in [6.07, 6.45) is 4.71. The van der Waals surface area contributed by atoms with Crippen molar-refractivity contribution in [1.82, 2.24) is 20.2 Å². The fourth-order valence-corrected chi connectivity index (χ4v) is 4.24. The van der Waals surface area contributed by atoms with Crippen molar-refractivity contribution in [1.29, 1.82) is 0 Å². The van der Waals surface area contributed by atoms with Crippen LogP contribution in [0.3, 0.4) is 0 Å². The Hall–Kier alpha value is -4.11. The summed E-state index contributed by atoms with van der Waals surface area (Å²) >= 11 is 0. The molecule has 0 unspecified atom stereocenters. The molecule has 4 aromatic rings. The van der Waals surface area contributed by atoms with Crippen molar-refractivity contribution in [3.05, 3.63) is 78.9 Å². The Labute approximate surface area is 197 Å². The van der Waals surface area contributed by atoms with Gasteiger partial charge in [0.2, 0.25) is 0 Å². The Morgan fingerprint density at radius 1 is 1.12 bits per heavy atom. The summed E-state index contributed by atoms with van der Waals surface area (Å²) in [7, 11) is 0. The van der Waals surface area contributed by atoms with Crippen molar-refractivity contribution in [3.63, 3.8) is 0 Å². The van der Waals surface area contributed by atoms with Crippen molar-refractivity contribution in [2.24, 2.45) is 5.73 Å². The van der Waals surface area contributed by atoms with E-state index in [9.17, 15) is 0 Å². The molecular formula is C25H28N8O. The summed E-state index contributed by atoms with van der Waals surface area (Å²) in [6.45, 7) is 6.18.